The van der Waals surface area contributed by atoms with E-state index in [0.29, 0.717) is 26.1 Å². The summed E-state index contributed by atoms with van der Waals surface area (Å²) in [5, 5.41) is 12.8. The molecule has 0 fully saturated rings. The molecule has 0 bridgehead atoms. The molecule has 29 heavy (non-hydrogen) atoms. The van der Waals surface area contributed by atoms with Crippen LogP contribution in [-0.2, 0) is 17.9 Å². The van der Waals surface area contributed by atoms with Crippen LogP contribution in [0, 0.1) is 11.3 Å². The molecule has 0 aliphatic carbocycles. The van der Waals surface area contributed by atoms with E-state index in [0.717, 1.165) is 29.3 Å². The zero-order chi connectivity index (χ0) is 20.5. The largest absolute Gasteiger partial charge is 0.353 e. The summed E-state index contributed by atoms with van der Waals surface area (Å²) in [5.74, 6) is -0.143. The molecule has 1 aromatic carbocycles. The van der Waals surface area contributed by atoms with Crippen molar-refractivity contribution in [3.05, 3.63) is 76.9 Å². The summed E-state index contributed by atoms with van der Waals surface area (Å²) in [7, 11) is 0. The minimum absolute atomic E-state index is 0.00611. The van der Waals surface area contributed by atoms with E-state index in [1.807, 2.05) is 47.2 Å². The fourth-order valence-corrected chi connectivity index (χ4v) is 3.25. The Labute approximate surface area is 169 Å². The summed E-state index contributed by atoms with van der Waals surface area (Å²) in [5.41, 5.74) is 2.00. The molecule has 3 aromatic rings. The molecule has 1 N–H and O–H groups in total. The molecule has 0 aliphatic rings. The molecular weight excluding hydrogens is 364 g/mol. The average Bonchev–Trinajstić information content (AvgIpc) is 3.09. The van der Waals surface area contributed by atoms with E-state index in [9.17, 15) is 9.59 Å². The van der Waals surface area contributed by atoms with Crippen LogP contribution in [0.15, 0.2) is 65.7 Å². The van der Waals surface area contributed by atoms with Crippen molar-refractivity contribution in [3.63, 3.8) is 0 Å². The number of carbonyl (C=O) groups excluding carboxylic acids is 1. The maximum Gasteiger partial charge on any atom is 0.250 e. The quantitative estimate of drug-likeness (QED) is 0.451. The zero-order valence-electron chi connectivity index (χ0n) is 16.3. The predicted molar refractivity (Wildman–Crippen MR) is 114 cm³/mol. The van der Waals surface area contributed by atoms with Crippen LogP contribution in [0.2, 0.25) is 0 Å². The molecule has 3 rings (SSSR count). The topological polar surface area (TPSA) is 79.8 Å². The number of para-hydroxylation sites is 1. The van der Waals surface area contributed by atoms with Crippen LogP contribution in [0.25, 0.3) is 17.0 Å². The number of nitrogens with one attached hydrogen (secondary N) is 1. The first-order chi connectivity index (χ1) is 14.2. The van der Waals surface area contributed by atoms with Gasteiger partial charge in [0.1, 0.15) is 0 Å². The van der Waals surface area contributed by atoms with Gasteiger partial charge >= 0.3 is 0 Å². The van der Waals surface area contributed by atoms with Crippen LogP contribution in [-0.4, -0.2) is 21.6 Å². The maximum atomic E-state index is 12.1. The number of pyridine rings is 1. The van der Waals surface area contributed by atoms with Crippen molar-refractivity contribution >= 4 is 22.9 Å². The van der Waals surface area contributed by atoms with Crippen LogP contribution in [0.5, 0.6) is 0 Å². The molecule has 0 spiro atoms. The van der Waals surface area contributed by atoms with Crippen molar-refractivity contribution in [2.24, 2.45) is 0 Å². The number of aryl methyl sites for hydroxylation is 2. The summed E-state index contributed by atoms with van der Waals surface area (Å²) in [4.78, 5) is 23.7. The van der Waals surface area contributed by atoms with Gasteiger partial charge in [-0.15, -0.1) is 0 Å². The van der Waals surface area contributed by atoms with Gasteiger partial charge in [0.25, 0.3) is 0 Å². The van der Waals surface area contributed by atoms with E-state index in [-0.39, 0.29) is 11.5 Å². The molecule has 2 aromatic heterocycles. The Kier molecular flexibility index (Phi) is 7.01. The Balaban J connectivity index is 1.51. The highest BCUT2D eigenvalue weighted by molar-refractivity contribution is 5.96. The van der Waals surface area contributed by atoms with E-state index in [2.05, 4.69) is 11.4 Å². The second kappa shape index (κ2) is 10.1. The molecule has 2 heterocycles. The zero-order valence-corrected chi connectivity index (χ0v) is 16.3. The average molecular weight is 388 g/mol. The van der Waals surface area contributed by atoms with Crippen LogP contribution in [0.4, 0.5) is 0 Å². The summed E-state index contributed by atoms with van der Waals surface area (Å²) < 4.78 is 3.71. The highest BCUT2D eigenvalue weighted by Crippen LogP contribution is 2.22. The molecule has 0 radical (unpaired) electrons. The first kappa shape index (κ1) is 20.2. The van der Waals surface area contributed by atoms with Gasteiger partial charge in [-0.2, -0.15) is 5.26 Å². The second-order valence-corrected chi connectivity index (χ2v) is 6.77. The normalized spacial score (nSPS) is 11.0. The number of unbranched alkanes of at least 4 members (excludes halogenated alkanes) is 1. The van der Waals surface area contributed by atoms with Crippen LogP contribution < -0.4 is 10.9 Å². The fourth-order valence-electron chi connectivity index (χ4n) is 3.25. The van der Waals surface area contributed by atoms with Crippen molar-refractivity contribution in [1.29, 1.82) is 5.26 Å². The summed E-state index contributed by atoms with van der Waals surface area (Å²) in [6.45, 7) is 1.84. The van der Waals surface area contributed by atoms with Gasteiger partial charge in [0.15, 0.2) is 0 Å². The number of hydrogen-bond donors (Lipinski definition) is 1. The Morgan fingerprint density at radius 2 is 1.90 bits per heavy atom. The number of hydrogen-bond acceptors (Lipinski definition) is 3. The molecule has 0 saturated carbocycles. The van der Waals surface area contributed by atoms with Gasteiger partial charge in [0.05, 0.1) is 12.5 Å². The highest BCUT2D eigenvalue weighted by atomic mass is 16.1. The van der Waals surface area contributed by atoms with E-state index < -0.39 is 0 Å². The third-order valence-electron chi connectivity index (χ3n) is 4.72. The van der Waals surface area contributed by atoms with Crippen LogP contribution in [0.1, 0.15) is 24.8 Å². The smallest absolute Gasteiger partial charge is 0.250 e. The fraction of sp³-hybridized carbons (Fsp3) is 0.261. The van der Waals surface area contributed by atoms with Crippen molar-refractivity contribution in [1.82, 2.24) is 14.5 Å². The summed E-state index contributed by atoms with van der Waals surface area (Å²) in [6, 6.07) is 15.2. The minimum Gasteiger partial charge on any atom is -0.353 e. The standard InChI is InChI=1S/C23H24N4O2/c24-13-7-17-27-18-19(20-8-1-2-9-21(20)27)11-12-22(28)25-14-4-6-16-26-15-5-3-10-23(26)29/h1-3,5,8-12,15,18H,4,6-7,14,16-17H2,(H,25,28). The number of fused-ring (bicyclic) bond motifs is 1. The lowest BCUT2D eigenvalue weighted by Gasteiger charge is -2.05. The monoisotopic (exact) mass is 388 g/mol. The maximum absolute atomic E-state index is 12.1. The van der Waals surface area contributed by atoms with Crippen LogP contribution >= 0.6 is 0 Å². The molecule has 0 aliphatic heterocycles. The van der Waals surface area contributed by atoms with Crippen LogP contribution in [0.3, 0.4) is 0 Å². The Morgan fingerprint density at radius 3 is 2.72 bits per heavy atom. The number of nitriles is 1. The lowest BCUT2D eigenvalue weighted by Crippen LogP contribution is -2.23. The van der Waals surface area contributed by atoms with Gasteiger partial charge < -0.3 is 14.5 Å². The third kappa shape index (κ3) is 5.45. The number of nitrogens with zero attached hydrogens (tertiary/aromatic N) is 3. The van der Waals surface area contributed by atoms with E-state index in [1.54, 1.807) is 22.9 Å². The van der Waals surface area contributed by atoms with Gasteiger partial charge in [-0.1, -0.05) is 24.3 Å². The Morgan fingerprint density at radius 1 is 1.07 bits per heavy atom. The minimum atomic E-state index is -0.143. The van der Waals surface area contributed by atoms with Crippen molar-refractivity contribution in [2.75, 3.05) is 6.54 Å². The number of carbonyl (C=O) groups is 1. The van der Waals surface area contributed by atoms with E-state index >= 15 is 0 Å². The van der Waals surface area contributed by atoms with Crippen molar-refractivity contribution in [3.8, 4) is 6.07 Å². The molecule has 148 valence electrons. The number of benzene rings is 1. The van der Waals surface area contributed by atoms with Gasteiger partial charge in [0.2, 0.25) is 11.5 Å². The lowest BCUT2D eigenvalue weighted by atomic mass is 10.1. The van der Waals surface area contributed by atoms with Gasteiger partial charge in [-0.3, -0.25) is 9.59 Å². The second-order valence-electron chi connectivity index (χ2n) is 6.77. The molecular formula is C23H24N4O2. The first-order valence-electron chi connectivity index (χ1n) is 9.75. The molecule has 0 saturated heterocycles. The predicted octanol–water partition coefficient (Wildman–Crippen LogP) is 3.33. The molecule has 1 amide bonds. The lowest BCUT2D eigenvalue weighted by molar-refractivity contribution is -0.116. The molecule has 6 nitrogen and oxygen atoms in total. The SMILES string of the molecule is N#CCCn1cc(C=CC(=O)NCCCCn2ccccc2=O)c2ccccc21. The van der Waals surface area contributed by atoms with E-state index in [4.69, 9.17) is 5.26 Å². The molecule has 6 heteroatoms. The first-order valence-corrected chi connectivity index (χ1v) is 9.75. The summed E-state index contributed by atoms with van der Waals surface area (Å²) >= 11 is 0. The number of amides is 1. The van der Waals surface area contributed by atoms with Crippen molar-refractivity contribution < 1.29 is 4.79 Å². The Bertz CT molecular complexity index is 1100. The van der Waals surface area contributed by atoms with Crippen molar-refractivity contribution in [2.45, 2.75) is 32.4 Å². The Hall–Kier alpha value is -3.59. The van der Waals surface area contributed by atoms with E-state index in [1.165, 1.54) is 6.08 Å². The summed E-state index contributed by atoms with van der Waals surface area (Å²) in [6.07, 6.45) is 9.16. The third-order valence-corrected chi connectivity index (χ3v) is 4.72. The molecule has 0 atom stereocenters. The molecule has 0 unspecified atom stereocenters. The van der Waals surface area contributed by atoms with Gasteiger partial charge in [0, 0.05) is 60.6 Å². The highest BCUT2D eigenvalue weighted by Gasteiger charge is 2.06. The van der Waals surface area contributed by atoms with Gasteiger partial charge in [-0.05, 0) is 31.1 Å². The van der Waals surface area contributed by atoms with Gasteiger partial charge in [-0.25, -0.2) is 0 Å². The number of aromatic nitrogens is 2. The number of rotatable bonds is 9.